The van der Waals surface area contributed by atoms with Crippen LogP contribution >= 0.6 is 15.9 Å². The van der Waals surface area contributed by atoms with Gasteiger partial charge in [-0.05, 0) is 18.6 Å². The number of rotatable bonds is 2. The molecule has 3 rings (SSSR count). The van der Waals surface area contributed by atoms with Crippen molar-refractivity contribution in [3.05, 3.63) is 57.6 Å². The van der Waals surface area contributed by atoms with Gasteiger partial charge in [0.2, 0.25) is 0 Å². The van der Waals surface area contributed by atoms with Gasteiger partial charge in [0.25, 0.3) is 0 Å². The summed E-state index contributed by atoms with van der Waals surface area (Å²) in [6.45, 7) is 4.92. The molecule has 1 aliphatic rings. The third-order valence-corrected chi connectivity index (χ3v) is 4.26. The summed E-state index contributed by atoms with van der Waals surface area (Å²) in [4.78, 5) is 11.3. The van der Waals surface area contributed by atoms with Gasteiger partial charge in [-0.3, -0.25) is 4.90 Å². The van der Waals surface area contributed by atoms with Crippen LogP contribution in [0.1, 0.15) is 22.6 Å². The Morgan fingerprint density at radius 1 is 1.32 bits per heavy atom. The first-order valence-corrected chi connectivity index (χ1v) is 7.29. The van der Waals surface area contributed by atoms with E-state index in [-0.39, 0.29) is 0 Å². The monoisotopic (exact) mass is 317 g/mol. The summed E-state index contributed by atoms with van der Waals surface area (Å²) in [6.07, 6.45) is 2.99. The number of nitrogens with zero attached hydrogens (tertiary/aromatic N) is 3. The van der Waals surface area contributed by atoms with E-state index in [4.69, 9.17) is 0 Å². The van der Waals surface area contributed by atoms with Gasteiger partial charge in [0.05, 0.1) is 0 Å². The van der Waals surface area contributed by atoms with Crippen molar-refractivity contribution in [1.82, 2.24) is 14.9 Å². The number of fused-ring (bicyclic) bond motifs is 1. The topological polar surface area (TPSA) is 29.0 Å². The molecule has 0 saturated carbocycles. The molecule has 3 nitrogen and oxygen atoms in total. The van der Waals surface area contributed by atoms with E-state index in [0.29, 0.717) is 0 Å². The third-order valence-electron chi connectivity index (χ3n) is 3.49. The van der Waals surface area contributed by atoms with Crippen LogP contribution in [0, 0.1) is 6.92 Å². The SMILES string of the molecule is Cc1ncc2c(n1)CCN(Cc1ccccc1Br)C2. The van der Waals surface area contributed by atoms with Gasteiger partial charge in [-0.25, -0.2) is 9.97 Å². The fourth-order valence-corrected chi connectivity index (χ4v) is 2.89. The molecule has 0 spiro atoms. The van der Waals surface area contributed by atoms with Crippen molar-refractivity contribution in [2.45, 2.75) is 26.4 Å². The maximum Gasteiger partial charge on any atom is 0.125 e. The number of halogens is 1. The highest BCUT2D eigenvalue weighted by Gasteiger charge is 2.18. The van der Waals surface area contributed by atoms with E-state index < -0.39 is 0 Å². The maximum absolute atomic E-state index is 4.53. The smallest absolute Gasteiger partial charge is 0.125 e. The van der Waals surface area contributed by atoms with E-state index in [1.165, 1.54) is 21.3 Å². The molecule has 0 N–H and O–H groups in total. The second-order valence-electron chi connectivity index (χ2n) is 4.94. The standard InChI is InChI=1S/C15H16BrN3/c1-11-17-8-13-10-19(7-6-15(13)18-11)9-12-4-2-3-5-14(12)16/h2-5,8H,6-7,9-10H2,1H3. The molecule has 1 aliphatic heterocycles. The number of hydrogen-bond acceptors (Lipinski definition) is 3. The highest BCUT2D eigenvalue weighted by molar-refractivity contribution is 9.10. The van der Waals surface area contributed by atoms with Crippen molar-refractivity contribution in [2.24, 2.45) is 0 Å². The lowest BCUT2D eigenvalue weighted by molar-refractivity contribution is 0.242. The minimum Gasteiger partial charge on any atom is -0.294 e. The Labute approximate surface area is 121 Å². The van der Waals surface area contributed by atoms with E-state index in [1.54, 1.807) is 0 Å². The largest absolute Gasteiger partial charge is 0.294 e. The quantitative estimate of drug-likeness (QED) is 0.852. The van der Waals surface area contributed by atoms with Gasteiger partial charge in [-0.1, -0.05) is 34.1 Å². The van der Waals surface area contributed by atoms with Gasteiger partial charge < -0.3 is 0 Å². The Morgan fingerprint density at radius 3 is 3.00 bits per heavy atom. The van der Waals surface area contributed by atoms with Gasteiger partial charge in [0.1, 0.15) is 5.82 Å². The molecule has 2 heterocycles. The molecule has 0 fully saturated rings. The summed E-state index contributed by atoms with van der Waals surface area (Å²) in [5, 5.41) is 0. The first-order chi connectivity index (χ1) is 9.22. The van der Waals surface area contributed by atoms with Crippen LogP contribution in [0.5, 0.6) is 0 Å². The lowest BCUT2D eigenvalue weighted by atomic mass is 10.1. The number of benzene rings is 1. The fourth-order valence-electron chi connectivity index (χ4n) is 2.48. The molecular formula is C15H16BrN3. The molecule has 0 radical (unpaired) electrons. The average molecular weight is 318 g/mol. The zero-order valence-corrected chi connectivity index (χ0v) is 12.5. The van der Waals surface area contributed by atoms with Crippen molar-refractivity contribution in [3.63, 3.8) is 0 Å². The van der Waals surface area contributed by atoms with E-state index in [2.05, 4.69) is 55.1 Å². The molecule has 4 heteroatoms. The van der Waals surface area contributed by atoms with E-state index in [0.717, 1.165) is 31.9 Å². The molecule has 98 valence electrons. The van der Waals surface area contributed by atoms with Crippen LogP contribution < -0.4 is 0 Å². The summed E-state index contributed by atoms with van der Waals surface area (Å²) in [6, 6.07) is 8.41. The van der Waals surface area contributed by atoms with Crippen LogP contribution in [0.3, 0.4) is 0 Å². The molecule has 19 heavy (non-hydrogen) atoms. The fraction of sp³-hybridized carbons (Fsp3) is 0.333. The van der Waals surface area contributed by atoms with Gasteiger partial charge in [-0.15, -0.1) is 0 Å². The molecule has 0 aliphatic carbocycles. The molecule has 0 saturated heterocycles. The Kier molecular flexibility index (Phi) is 3.62. The molecule has 1 aromatic heterocycles. The van der Waals surface area contributed by atoms with Gasteiger partial charge >= 0.3 is 0 Å². The normalized spacial score (nSPS) is 15.3. The Morgan fingerprint density at radius 2 is 2.16 bits per heavy atom. The Hall–Kier alpha value is -1.26. The second kappa shape index (κ2) is 5.39. The zero-order valence-electron chi connectivity index (χ0n) is 10.9. The average Bonchev–Trinajstić information content (AvgIpc) is 2.41. The summed E-state index contributed by atoms with van der Waals surface area (Å²) in [5.74, 6) is 0.873. The molecule has 0 amide bonds. The summed E-state index contributed by atoms with van der Waals surface area (Å²) in [7, 11) is 0. The second-order valence-corrected chi connectivity index (χ2v) is 5.80. The van der Waals surface area contributed by atoms with Crippen LogP contribution in [0.2, 0.25) is 0 Å². The van der Waals surface area contributed by atoms with Crippen molar-refractivity contribution in [3.8, 4) is 0 Å². The number of aromatic nitrogens is 2. The first-order valence-electron chi connectivity index (χ1n) is 6.49. The first kappa shape index (κ1) is 12.8. The molecular weight excluding hydrogens is 302 g/mol. The lowest BCUT2D eigenvalue weighted by Crippen LogP contribution is -2.31. The minimum absolute atomic E-state index is 0.873. The van der Waals surface area contributed by atoms with Gasteiger partial charge in [0, 0.05) is 48.0 Å². The van der Waals surface area contributed by atoms with Gasteiger partial charge in [-0.2, -0.15) is 0 Å². The zero-order chi connectivity index (χ0) is 13.2. The molecule has 1 aromatic carbocycles. The molecule has 0 bridgehead atoms. The predicted molar refractivity (Wildman–Crippen MR) is 78.7 cm³/mol. The van der Waals surface area contributed by atoms with Gasteiger partial charge in [0.15, 0.2) is 0 Å². The summed E-state index contributed by atoms with van der Waals surface area (Å²) < 4.78 is 1.18. The highest BCUT2D eigenvalue weighted by Crippen LogP contribution is 2.22. The summed E-state index contributed by atoms with van der Waals surface area (Å²) >= 11 is 3.61. The number of hydrogen-bond donors (Lipinski definition) is 0. The summed E-state index contributed by atoms with van der Waals surface area (Å²) in [5.41, 5.74) is 3.82. The Bertz CT molecular complexity index is 598. The van der Waals surface area contributed by atoms with Crippen LogP contribution in [-0.4, -0.2) is 21.4 Å². The van der Waals surface area contributed by atoms with E-state index in [9.17, 15) is 0 Å². The lowest BCUT2D eigenvalue weighted by Gasteiger charge is -2.28. The van der Waals surface area contributed by atoms with Crippen molar-refractivity contribution in [1.29, 1.82) is 0 Å². The third kappa shape index (κ3) is 2.85. The van der Waals surface area contributed by atoms with Crippen LogP contribution in [0.25, 0.3) is 0 Å². The van der Waals surface area contributed by atoms with Crippen LogP contribution in [-0.2, 0) is 19.5 Å². The molecule has 2 aromatic rings. The highest BCUT2D eigenvalue weighted by atomic mass is 79.9. The van der Waals surface area contributed by atoms with Crippen LogP contribution in [0.4, 0.5) is 0 Å². The maximum atomic E-state index is 4.53. The van der Waals surface area contributed by atoms with Crippen molar-refractivity contribution >= 4 is 15.9 Å². The van der Waals surface area contributed by atoms with Crippen molar-refractivity contribution in [2.75, 3.05) is 6.54 Å². The van der Waals surface area contributed by atoms with Crippen LogP contribution in [0.15, 0.2) is 34.9 Å². The Balaban J connectivity index is 1.76. The molecule has 0 unspecified atom stereocenters. The van der Waals surface area contributed by atoms with Crippen molar-refractivity contribution < 1.29 is 0 Å². The van der Waals surface area contributed by atoms with E-state index in [1.807, 2.05) is 13.1 Å². The minimum atomic E-state index is 0.873. The van der Waals surface area contributed by atoms with E-state index >= 15 is 0 Å². The molecule has 0 atom stereocenters. The number of aryl methyl sites for hydroxylation is 1. The predicted octanol–water partition coefficient (Wildman–Crippen LogP) is 3.11.